The van der Waals surface area contributed by atoms with Gasteiger partial charge in [0.2, 0.25) is 0 Å². The Morgan fingerprint density at radius 2 is 2.28 bits per heavy atom. The molecule has 4 atom stereocenters. The first-order valence-electron chi connectivity index (χ1n) is 5.67. The van der Waals surface area contributed by atoms with Crippen LogP contribution in [0.1, 0.15) is 6.42 Å². The van der Waals surface area contributed by atoms with Crippen LogP contribution in [-0.2, 0) is 0 Å². The molecular weight excluding hydrogens is 272 g/mol. The molecule has 0 aliphatic heterocycles. The smallest absolute Gasteiger partial charge is 0.169 e. The van der Waals surface area contributed by atoms with Crippen LogP contribution in [0.15, 0.2) is 36.2 Å². The maximum Gasteiger partial charge on any atom is 0.169 e. The molecule has 1 nitrogen and oxygen atoms in total. The molecule has 2 rings (SSSR count). The van der Waals surface area contributed by atoms with Gasteiger partial charge in [0.05, 0.1) is 4.75 Å². The molecule has 0 aromatic rings. The number of allylic oxidation sites excluding steroid dienone is 5. The Morgan fingerprint density at radius 1 is 1.50 bits per heavy atom. The van der Waals surface area contributed by atoms with Gasteiger partial charge in [0, 0.05) is 11.7 Å². The molecule has 0 spiro atoms. The van der Waals surface area contributed by atoms with Gasteiger partial charge in [-0.2, -0.15) is 17.9 Å². The number of thiol groups is 1. The minimum atomic E-state index is -1.73. The van der Waals surface area contributed by atoms with Gasteiger partial charge in [-0.3, -0.25) is 0 Å². The Hall–Kier alpha value is -0.730. The summed E-state index contributed by atoms with van der Waals surface area (Å²) in [6, 6.07) is 0. The van der Waals surface area contributed by atoms with E-state index in [4.69, 9.17) is 5.26 Å². The molecule has 0 aromatic heterocycles. The van der Waals surface area contributed by atoms with Crippen LogP contribution in [0.5, 0.6) is 0 Å². The molecule has 2 aliphatic rings. The van der Waals surface area contributed by atoms with Gasteiger partial charge in [-0.15, -0.1) is 0 Å². The maximum atomic E-state index is 14.1. The molecule has 0 saturated carbocycles. The molecule has 2 bridgehead atoms. The summed E-state index contributed by atoms with van der Waals surface area (Å²) in [5, 5.41) is 10.5. The van der Waals surface area contributed by atoms with Crippen molar-refractivity contribution in [1.29, 1.82) is 5.26 Å². The summed E-state index contributed by atoms with van der Waals surface area (Å²) in [7, 11) is 0. The lowest BCUT2D eigenvalue weighted by atomic mass is 9.97. The number of thioether (sulfide) groups is 1. The van der Waals surface area contributed by atoms with Crippen molar-refractivity contribution in [2.24, 2.45) is 11.8 Å². The fraction of sp³-hybridized carbons (Fsp3) is 0.462. The predicted molar refractivity (Wildman–Crippen MR) is 73.8 cm³/mol. The Morgan fingerprint density at radius 3 is 3.00 bits per heavy atom. The second-order valence-corrected chi connectivity index (χ2v) is 6.22. The van der Waals surface area contributed by atoms with Crippen molar-refractivity contribution in [3.63, 3.8) is 0 Å². The van der Waals surface area contributed by atoms with Crippen LogP contribution in [-0.4, -0.2) is 16.7 Å². The van der Waals surface area contributed by atoms with E-state index in [2.05, 4.69) is 12.6 Å². The highest BCUT2D eigenvalue weighted by atomic mass is 32.2. The van der Waals surface area contributed by atoms with Crippen molar-refractivity contribution in [2.75, 3.05) is 5.75 Å². The topological polar surface area (TPSA) is 23.8 Å². The van der Waals surface area contributed by atoms with E-state index in [1.165, 1.54) is 6.08 Å². The van der Waals surface area contributed by atoms with Crippen LogP contribution in [0.3, 0.4) is 0 Å². The van der Waals surface area contributed by atoms with Gasteiger partial charge < -0.3 is 0 Å². The number of halogens is 2. The van der Waals surface area contributed by atoms with Gasteiger partial charge in [-0.1, -0.05) is 24.3 Å². The lowest BCUT2D eigenvalue weighted by molar-refractivity contribution is 0.278. The van der Waals surface area contributed by atoms with Gasteiger partial charge in [0.1, 0.15) is 11.2 Å². The maximum absolute atomic E-state index is 14.1. The number of hydrogen-bond donors (Lipinski definition) is 1. The Kier molecular flexibility index (Phi) is 4.18. The van der Waals surface area contributed by atoms with E-state index in [0.717, 1.165) is 11.8 Å². The van der Waals surface area contributed by atoms with Crippen LogP contribution in [0.25, 0.3) is 0 Å². The third-order valence-electron chi connectivity index (χ3n) is 3.19. The molecule has 0 amide bonds. The molecule has 96 valence electrons. The number of thiocyanates is 1. The Balaban J connectivity index is 2.26. The van der Waals surface area contributed by atoms with Gasteiger partial charge in [0.25, 0.3) is 0 Å². The Bertz CT molecular complexity index is 452. The highest BCUT2D eigenvalue weighted by molar-refractivity contribution is 8.03. The van der Waals surface area contributed by atoms with Crippen molar-refractivity contribution in [2.45, 2.75) is 17.3 Å². The van der Waals surface area contributed by atoms with Gasteiger partial charge in [-0.25, -0.2) is 8.78 Å². The van der Waals surface area contributed by atoms with E-state index < -0.39 is 16.7 Å². The molecule has 0 radical (unpaired) electrons. The molecule has 0 saturated heterocycles. The normalized spacial score (nSPS) is 40.3. The number of nitriles is 1. The van der Waals surface area contributed by atoms with E-state index in [-0.39, 0.29) is 11.8 Å². The Labute approximate surface area is 115 Å². The zero-order valence-corrected chi connectivity index (χ0v) is 11.3. The average Bonchev–Trinajstić information content (AvgIpc) is 2.75. The summed E-state index contributed by atoms with van der Waals surface area (Å²) < 4.78 is 26.9. The SMILES string of the molecule is N#CSCC1C=C(F)C(F)[C@]2(S)C=CC(/C=C\1)C2. The first-order chi connectivity index (χ1) is 8.55. The molecule has 0 heterocycles. The molecular formula is C13H13F2NS2. The number of fused-ring (bicyclic) bond motifs is 2. The van der Waals surface area contributed by atoms with Gasteiger partial charge >= 0.3 is 0 Å². The summed E-state index contributed by atoms with van der Waals surface area (Å²) >= 11 is 5.32. The van der Waals surface area contributed by atoms with Crippen LogP contribution >= 0.6 is 24.4 Å². The van der Waals surface area contributed by atoms with E-state index in [1.807, 2.05) is 23.6 Å². The van der Waals surface area contributed by atoms with Crippen molar-refractivity contribution in [3.05, 3.63) is 36.2 Å². The van der Waals surface area contributed by atoms with Crippen LogP contribution in [0.2, 0.25) is 0 Å². The average molecular weight is 285 g/mol. The highest BCUT2D eigenvalue weighted by Crippen LogP contribution is 2.42. The third kappa shape index (κ3) is 2.81. The molecule has 2 aliphatic carbocycles. The summed E-state index contributed by atoms with van der Waals surface area (Å²) in [4.78, 5) is 0. The minimum absolute atomic E-state index is 0.0923. The van der Waals surface area contributed by atoms with Gasteiger partial charge in [0.15, 0.2) is 6.17 Å². The zero-order chi connectivity index (χ0) is 13.2. The summed E-state index contributed by atoms with van der Waals surface area (Å²) in [6.07, 6.45) is 7.30. The van der Waals surface area contributed by atoms with Crippen LogP contribution in [0.4, 0.5) is 8.78 Å². The van der Waals surface area contributed by atoms with Crippen molar-refractivity contribution < 1.29 is 8.78 Å². The van der Waals surface area contributed by atoms with E-state index in [9.17, 15) is 8.78 Å². The molecule has 3 unspecified atom stereocenters. The molecule has 0 aromatic carbocycles. The molecule has 18 heavy (non-hydrogen) atoms. The van der Waals surface area contributed by atoms with E-state index >= 15 is 0 Å². The molecule has 0 fully saturated rings. The standard InChI is InChI=1S/C13H13F2NS2/c14-11-5-10(7-18-8-16)2-1-9-3-4-13(17,6-9)12(11)15/h1-5,9-10,12,17H,6-7H2/b2-1-,11-5?/t9?,10?,12?,13-/m0/s1. The molecule has 0 N–H and O–H groups in total. The number of rotatable bonds is 2. The monoisotopic (exact) mass is 285 g/mol. The lowest BCUT2D eigenvalue weighted by Crippen LogP contribution is -2.31. The first kappa shape index (κ1) is 13.7. The van der Waals surface area contributed by atoms with Crippen LogP contribution < -0.4 is 0 Å². The van der Waals surface area contributed by atoms with Crippen molar-refractivity contribution in [1.82, 2.24) is 0 Å². The number of hydrogen-bond acceptors (Lipinski definition) is 3. The third-order valence-corrected chi connectivity index (χ3v) is 4.43. The number of alkyl halides is 1. The fourth-order valence-corrected chi connectivity index (χ4v) is 3.12. The predicted octanol–water partition coefficient (Wildman–Crippen LogP) is 3.82. The van der Waals surface area contributed by atoms with Crippen LogP contribution in [0, 0.1) is 22.5 Å². The quantitative estimate of drug-likeness (QED) is 0.474. The fourth-order valence-electron chi connectivity index (χ4n) is 2.23. The first-order valence-corrected chi connectivity index (χ1v) is 7.10. The van der Waals surface area contributed by atoms with E-state index in [1.54, 1.807) is 6.08 Å². The zero-order valence-electron chi connectivity index (χ0n) is 9.59. The molecule has 5 heteroatoms. The second-order valence-electron chi connectivity index (χ2n) is 4.58. The van der Waals surface area contributed by atoms with Crippen molar-refractivity contribution >= 4 is 24.4 Å². The largest absolute Gasteiger partial charge is 0.238 e. The highest BCUT2D eigenvalue weighted by Gasteiger charge is 2.41. The lowest BCUT2D eigenvalue weighted by Gasteiger charge is -2.25. The summed E-state index contributed by atoms with van der Waals surface area (Å²) in [6.45, 7) is 0. The van der Waals surface area contributed by atoms with E-state index in [0.29, 0.717) is 12.2 Å². The van der Waals surface area contributed by atoms with Crippen molar-refractivity contribution in [3.8, 4) is 5.40 Å². The number of nitrogens with zero attached hydrogens (tertiary/aromatic N) is 1. The van der Waals surface area contributed by atoms with Gasteiger partial charge in [-0.05, 0) is 30.2 Å². The minimum Gasteiger partial charge on any atom is -0.238 e. The second kappa shape index (κ2) is 5.50. The summed E-state index contributed by atoms with van der Waals surface area (Å²) in [5.74, 6) is -0.513. The summed E-state index contributed by atoms with van der Waals surface area (Å²) in [5.41, 5.74) is 0.